The van der Waals surface area contributed by atoms with E-state index in [-0.39, 0.29) is 23.4 Å². The molecule has 0 atom stereocenters. The van der Waals surface area contributed by atoms with Crippen LogP contribution in [0.15, 0.2) is 70.5 Å². The lowest BCUT2D eigenvalue weighted by Gasteiger charge is -2.11. The van der Waals surface area contributed by atoms with Crippen molar-refractivity contribution in [2.75, 3.05) is 0 Å². The van der Waals surface area contributed by atoms with Gasteiger partial charge >= 0.3 is 5.97 Å². The zero-order valence-corrected chi connectivity index (χ0v) is 17.7. The van der Waals surface area contributed by atoms with Crippen LogP contribution in [-0.4, -0.2) is 30.6 Å². The van der Waals surface area contributed by atoms with Gasteiger partial charge in [0.05, 0.1) is 40.1 Å². The number of carboxylic acids is 1. The Morgan fingerprint density at radius 2 is 2.06 bits per heavy atom. The maximum atomic E-state index is 12.7. The molecule has 2 aromatic carbocycles. The lowest BCUT2D eigenvalue weighted by Crippen LogP contribution is -2.13. The van der Waals surface area contributed by atoms with Gasteiger partial charge in [0, 0.05) is 28.7 Å². The minimum atomic E-state index is -1.16. The van der Waals surface area contributed by atoms with Crippen LogP contribution in [0.5, 0.6) is 0 Å². The van der Waals surface area contributed by atoms with Gasteiger partial charge < -0.3 is 24.1 Å². The van der Waals surface area contributed by atoms with Crippen molar-refractivity contribution in [1.82, 2.24) is 19.5 Å². The quantitative estimate of drug-likeness (QED) is 0.343. The molecule has 0 aliphatic rings. The number of hydrogen-bond acceptors (Lipinski definition) is 4. The number of halogens is 1. The SMILES string of the molecule is O=C(O)c1c(-c2ccc[nH]c2=O)c2c3occc3ccc2n1Cc1cc2[nH]cnc2cc1Cl. The average molecular weight is 459 g/mol. The number of nitrogens with one attached hydrogen (secondary N) is 2. The van der Waals surface area contributed by atoms with E-state index in [9.17, 15) is 14.7 Å². The first kappa shape index (κ1) is 19.4. The number of nitrogens with zero attached hydrogens (tertiary/aromatic N) is 2. The molecule has 8 nitrogen and oxygen atoms in total. The van der Waals surface area contributed by atoms with E-state index in [0.717, 1.165) is 10.9 Å². The number of carboxylic acid groups (broad SMARTS) is 1. The van der Waals surface area contributed by atoms with Crippen LogP contribution in [0.2, 0.25) is 5.02 Å². The third-order valence-corrected chi connectivity index (χ3v) is 6.21. The van der Waals surface area contributed by atoms with E-state index in [1.165, 1.54) is 6.20 Å². The Kier molecular flexibility index (Phi) is 4.18. The monoisotopic (exact) mass is 458 g/mol. The average Bonchev–Trinajstić information content (AvgIpc) is 3.51. The maximum Gasteiger partial charge on any atom is 0.353 e. The fraction of sp³-hybridized carbons (Fsp3) is 0.0417. The molecule has 0 fully saturated rings. The van der Waals surface area contributed by atoms with Crippen LogP contribution in [0.3, 0.4) is 0 Å². The van der Waals surface area contributed by atoms with Gasteiger partial charge in [0.15, 0.2) is 0 Å². The Labute approximate surface area is 190 Å². The second-order valence-corrected chi connectivity index (χ2v) is 8.10. The molecule has 0 saturated heterocycles. The predicted octanol–water partition coefficient (Wildman–Crippen LogP) is 5.02. The Bertz CT molecular complexity index is 1770. The Hall–Kier alpha value is -4.30. The Morgan fingerprint density at radius 3 is 2.88 bits per heavy atom. The molecule has 0 amide bonds. The molecule has 162 valence electrons. The molecule has 0 radical (unpaired) electrons. The highest BCUT2D eigenvalue weighted by atomic mass is 35.5. The van der Waals surface area contributed by atoms with Gasteiger partial charge in [-0.15, -0.1) is 0 Å². The molecular weight excluding hydrogens is 444 g/mol. The van der Waals surface area contributed by atoms with Crippen molar-refractivity contribution in [2.24, 2.45) is 0 Å². The summed E-state index contributed by atoms with van der Waals surface area (Å²) in [5.74, 6) is -1.16. The summed E-state index contributed by atoms with van der Waals surface area (Å²) < 4.78 is 7.40. The summed E-state index contributed by atoms with van der Waals surface area (Å²) in [5, 5.41) is 12.1. The number of carbonyl (C=O) groups is 1. The van der Waals surface area contributed by atoms with Gasteiger partial charge in [-0.05, 0) is 48.0 Å². The predicted molar refractivity (Wildman–Crippen MR) is 125 cm³/mol. The number of imidazole rings is 1. The fourth-order valence-electron chi connectivity index (χ4n) is 4.42. The maximum absolute atomic E-state index is 12.7. The van der Waals surface area contributed by atoms with E-state index >= 15 is 0 Å². The molecule has 0 saturated carbocycles. The fourth-order valence-corrected chi connectivity index (χ4v) is 4.64. The number of aromatic nitrogens is 4. The Morgan fingerprint density at radius 1 is 1.18 bits per heavy atom. The smallest absolute Gasteiger partial charge is 0.353 e. The molecule has 0 unspecified atom stereocenters. The summed E-state index contributed by atoms with van der Waals surface area (Å²) in [5.41, 5.74) is 3.49. The van der Waals surface area contributed by atoms with Crippen LogP contribution in [-0.2, 0) is 6.54 Å². The van der Waals surface area contributed by atoms with Gasteiger partial charge in [-0.1, -0.05) is 11.6 Å². The van der Waals surface area contributed by atoms with Gasteiger partial charge in [0.25, 0.3) is 5.56 Å². The summed E-state index contributed by atoms with van der Waals surface area (Å²) >= 11 is 6.53. The van der Waals surface area contributed by atoms with E-state index in [4.69, 9.17) is 16.0 Å². The molecule has 33 heavy (non-hydrogen) atoms. The summed E-state index contributed by atoms with van der Waals surface area (Å²) in [6.07, 6.45) is 4.63. The summed E-state index contributed by atoms with van der Waals surface area (Å²) in [4.78, 5) is 35.2. The van der Waals surface area contributed by atoms with E-state index in [0.29, 0.717) is 38.2 Å². The number of aromatic amines is 2. The highest BCUT2D eigenvalue weighted by Gasteiger charge is 2.28. The summed E-state index contributed by atoms with van der Waals surface area (Å²) in [7, 11) is 0. The molecule has 0 aliphatic heterocycles. The topological polar surface area (TPSA) is 117 Å². The lowest BCUT2D eigenvalue weighted by molar-refractivity contribution is 0.0687. The van der Waals surface area contributed by atoms with Crippen LogP contribution < -0.4 is 5.56 Å². The van der Waals surface area contributed by atoms with E-state index < -0.39 is 5.97 Å². The molecule has 9 heteroatoms. The third-order valence-electron chi connectivity index (χ3n) is 5.85. The van der Waals surface area contributed by atoms with Crippen molar-refractivity contribution in [2.45, 2.75) is 6.54 Å². The number of aromatic carboxylic acids is 1. The molecule has 0 aliphatic carbocycles. The minimum absolute atomic E-state index is 0.0219. The molecule has 3 N–H and O–H groups in total. The molecular formula is C24H15ClN4O4. The second-order valence-electron chi connectivity index (χ2n) is 7.69. The number of hydrogen-bond donors (Lipinski definition) is 3. The van der Waals surface area contributed by atoms with Gasteiger partial charge in [0.1, 0.15) is 11.3 Å². The van der Waals surface area contributed by atoms with Crippen LogP contribution in [0, 0.1) is 0 Å². The number of furan rings is 1. The first-order valence-corrected chi connectivity index (χ1v) is 10.5. The molecule has 0 bridgehead atoms. The van der Waals surface area contributed by atoms with Crippen molar-refractivity contribution in [3.8, 4) is 11.1 Å². The third kappa shape index (κ3) is 2.88. The van der Waals surface area contributed by atoms with Crippen LogP contribution in [0.25, 0.3) is 44.0 Å². The standard InChI is InChI=1S/C24H15ClN4O4/c25-15-9-17-16(27-11-28-17)8-13(15)10-29-18-4-3-12-5-7-33-22(12)20(18)19(21(29)24(31)32)14-2-1-6-26-23(14)30/h1-9,11H,10H2,(H,26,30)(H,27,28)(H,31,32). The molecule has 6 aromatic rings. The highest BCUT2D eigenvalue weighted by molar-refractivity contribution is 6.32. The van der Waals surface area contributed by atoms with Crippen LogP contribution >= 0.6 is 11.6 Å². The number of fused-ring (bicyclic) bond motifs is 4. The van der Waals surface area contributed by atoms with Gasteiger partial charge in [0.2, 0.25) is 0 Å². The zero-order chi connectivity index (χ0) is 22.7. The highest BCUT2D eigenvalue weighted by Crippen LogP contribution is 2.39. The molecule has 4 heterocycles. The van der Waals surface area contributed by atoms with E-state index in [1.54, 1.807) is 41.4 Å². The van der Waals surface area contributed by atoms with E-state index in [2.05, 4.69) is 15.0 Å². The van der Waals surface area contributed by atoms with Crippen molar-refractivity contribution < 1.29 is 14.3 Å². The number of H-pyrrole nitrogens is 2. The van der Waals surface area contributed by atoms with Crippen molar-refractivity contribution in [3.63, 3.8) is 0 Å². The summed E-state index contributed by atoms with van der Waals surface area (Å²) in [6.45, 7) is 0.170. The minimum Gasteiger partial charge on any atom is -0.477 e. The molecule has 4 aromatic heterocycles. The van der Waals surface area contributed by atoms with Gasteiger partial charge in [-0.25, -0.2) is 9.78 Å². The largest absolute Gasteiger partial charge is 0.477 e. The molecule has 0 spiro atoms. The van der Waals surface area contributed by atoms with Crippen molar-refractivity contribution in [1.29, 1.82) is 0 Å². The first-order chi connectivity index (χ1) is 16.0. The lowest BCUT2D eigenvalue weighted by atomic mass is 10.0. The van der Waals surface area contributed by atoms with Gasteiger partial charge in [-0.3, -0.25) is 4.79 Å². The van der Waals surface area contributed by atoms with Gasteiger partial charge in [-0.2, -0.15) is 0 Å². The zero-order valence-electron chi connectivity index (χ0n) is 16.9. The molecule has 6 rings (SSSR count). The van der Waals surface area contributed by atoms with E-state index in [1.807, 2.05) is 18.2 Å². The number of rotatable bonds is 4. The van der Waals surface area contributed by atoms with Crippen LogP contribution in [0.1, 0.15) is 16.1 Å². The summed E-state index contributed by atoms with van der Waals surface area (Å²) in [6, 6.07) is 12.4. The van der Waals surface area contributed by atoms with Crippen molar-refractivity contribution >= 4 is 50.5 Å². The Balaban J connectivity index is 1.72. The first-order valence-electron chi connectivity index (χ1n) is 10.1. The second kappa shape index (κ2) is 7.11. The normalized spacial score (nSPS) is 11.7. The van der Waals surface area contributed by atoms with Crippen LogP contribution in [0.4, 0.5) is 0 Å². The van der Waals surface area contributed by atoms with Crippen molar-refractivity contribution in [3.05, 3.63) is 87.9 Å². The number of pyridine rings is 1. The number of benzene rings is 2.